The molecule has 1 aliphatic carbocycles. The van der Waals surface area contributed by atoms with Crippen molar-refractivity contribution < 1.29 is 9.15 Å². The van der Waals surface area contributed by atoms with Crippen LogP contribution in [0.2, 0.25) is 0 Å². The van der Waals surface area contributed by atoms with Crippen molar-refractivity contribution in [1.29, 1.82) is 0 Å². The highest BCUT2D eigenvalue weighted by molar-refractivity contribution is 5.12. The highest BCUT2D eigenvalue weighted by Gasteiger charge is 2.28. The predicted molar refractivity (Wildman–Crippen MR) is 72.4 cm³/mol. The first-order chi connectivity index (χ1) is 8.85. The fourth-order valence-electron chi connectivity index (χ4n) is 2.87. The zero-order valence-electron chi connectivity index (χ0n) is 11.6. The van der Waals surface area contributed by atoms with E-state index in [1.165, 1.54) is 25.7 Å². The van der Waals surface area contributed by atoms with Gasteiger partial charge >= 0.3 is 0 Å². The lowest BCUT2D eigenvalue weighted by molar-refractivity contribution is 0.159. The van der Waals surface area contributed by atoms with Crippen LogP contribution in [0, 0.1) is 5.92 Å². The highest BCUT2D eigenvalue weighted by Crippen LogP contribution is 2.36. The molecular formula is C15H25NO2. The van der Waals surface area contributed by atoms with Gasteiger partial charge in [0, 0.05) is 7.11 Å². The summed E-state index contributed by atoms with van der Waals surface area (Å²) in [4.78, 5) is 0. The van der Waals surface area contributed by atoms with E-state index in [-0.39, 0.29) is 0 Å². The first kappa shape index (κ1) is 13.6. The summed E-state index contributed by atoms with van der Waals surface area (Å²) in [6.07, 6.45) is 6.53. The number of hydrogen-bond donors (Lipinski definition) is 1. The quantitative estimate of drug-likeness (QED) is 0.803. The molecule has 0 saturated heterocycles. The van der Waals surface area contributed by atoms with Gasteiger partial charge in [-0.15, -0.1) is 0 Å². The molecule has 1 aromatic heterocycles. The van der Waals surface area contributed by atoms with Gasteiger partial charge in [-0.25, -0.2) is 0 Å². The molecule has 1 unspecified atom stereocenters. The Bertz CT molecular complexity index is 342. The Kier molecular flexibility index (Phi) is 5.26. The van der Waals surface area contributed by atoms with Gasteiger partial charge in [-0.2, -0.15) is 0 Å². The van der Waals surface area contributed by atoms with Crippen molar-refractivity contribution in [2.75, 3.05) is 13.7 Å². The maximum absolute atomic E-state index is 5.91. The van der Waals surface area contributed by atoms with Crippen LogP contribution in [0.4, 0.5) is 0 Å². The van der Waals surface area contributed by atoms with E-state index in [1.807, 2.05) is 6.07 Å². The molecule has 2 rings (SSSR count). The molecule has 1 atom stereocenters. The lowest BCUT2D eigenvalue weighted by Crippen LogP contribution is -2.27. The molecule has 0 aromatic carbocycles. The SMILES string of the molecule is CCCNC(c1ccc(COC)o1)C1CCCC1. The van der Waals surface area contributed by atoms with Crippen LogP contribution in [-0.4, -0.2) is 13.7 Å². The van der Waals surface area contributed by atoms with Crippen LogP contribution >= 0.6 is 0 Å². The predicted octanol–water partition coefficient (Wildman–Crippen LogP) is 3.66. The largest absolute Gasteiger partial charge is 0.462 e. The summed E-state index contributed by atoms with van der Waals surface area (Å²) in [6.45, 7) is 3.82. The second-order valence-corrected chi connectivity index (χ2v) is 5.21. The van der Waals surface area contributed by atoms with E-state index in [4.69, 9.17) is 9.15 Å². The molecule has 0 amide bonds. The minimum absolute atomic E-state index is 0.387. The van der Waals surface area contributed by atoms with Crippen LogP contribution < -0.4 is 5.32 Å². The first-order valence-electron chi connectivity index (χ1n) is 7.16. The molecule has 0 bridgehead atoms. The van der Waals surface area contributed by atoms with E-state index in [1.54, 1.807) is 7.11 Å². The van der Waals surface area contributed by atoms with E-state index < -0.39 is 0 Å². The molecule has 18 heavy (non-hydrogen) atoms. The number of ether oxygens (including phenoxy) is 1. The third-order valence-electron chi connectivity index (χ3n) is 3.76. The average molecular weight is 251 g/mol. The lowest BCUT2D eigenvalue weighted by atomic mass is 9.96. The molecule has 102 valence electrons. The number of methoxy groups -OCH3 is 1. The molecule has 3 nitrogen and oxygen atoms in total. The minimum Gasteiger partial charge on any atom is -0.462 e. The van der Waals surface area contributed by atoms with Crippen molar-refractivity contribution in [1.82, 2.24) is 5.32 Å². The summed E-state index contributed by atoms with van der Waals surface area (Å²) < 4.78 is 11.0. The fourth-order valence-corrected chi connectivity index (χ4v) is 2.87. The molecule has 1 aromatic rings. The van der Waals surface area contributed by atoms with Gasteiger partial charge in [0.15, 0.2) is 0 Å². The molecule has 0 spiro atoms. The summed E-state index contributed by atoms with van der Waals surface area (Å²) in [6, 6.07) is 4.53. The third-order valence-corrected chi connectivity index (χ3v) is 3.76. The first-order valence-corrected chi connectivity index (χ1v) is 7.16. The summed E-state index contributed by atoms with van der Waals surface area (Å²) in [5.74, 6) is 2.74. The van der Waals surface area contributed by atoms with E-state index in [9.17, 15) is 0 Å². The number of furan rings is 1. The topological polar surface area (TPSA) is 34.4 Å². The van der Waals surface area contributed by atoms with Crippen molar-refractivity contribution in [3.8, 4) is 0 Å². The Labute approximate surface area is 110 Å². The fraction of sp³-hybridized carbons (Fsp3) is 0.733. The van der Waals surface area contributed by atoms with E-state index >= 15 is 0 Å². The van der Waals surface area contributed by atoms with Gasteiger partial charge in [0.05, 0.1) is 6.04 Å². The minimum atomic E-state index is 0.387. The maximum atomic E-state index is 5.91. The van der Waals surface area contributed by atoms with Crippen molar-refractivity contribution in [3.63, 3.8) is 0 Å². The monoisotopic (exact) mass is 251 g/mol. The molecular weight excluding hydrogens is 226 g/mol. The number of nitrogens with one attached hydrogen (secondary N) is 1. The Morgan fingerprint density at radius 1 is 1.39 bits per heavy atom. The van der Waals surface area contributed by atoms with Gasteiger partial charge in [0.2, 0.25) is 0 Å². The van der Waals surface area contributed by atoms with Gasteiger partial charge in [0.25, 0.3) is 0 Å². The lowest BCUT2D eigenvalue weighted by Gasteiger charge is -2.22. The van der Waals surface area contributed by atoms with Crippen LogP contribution in [0.15, 0.2) is 16.5 Å². The summed E-state index contributed by atoms with van der Waals surface area (Å²) >= 11 is 0. The average Bonchev–Trinajstić information content (AvgIpc) is 3.02. The molecule has 0 aliphatic heterocycles. The van der Waals surface area contributed by atoms with Crippen LogP contribution in [0.3, 0.4) is 0 Å². The van der Waals surface area contributed by atoms with Crippen molar-refractivity contribution >= 4 is 0 Å². The molecule has 1 aliphatic rings. The van der Waals surface area contributed by atoms with Crippen molar-refractivity contribution in [2.45, 2.75) is 51.7 Å². The zero-order valence-corrected chi connectivity index (χ0v) is 11.6. The molecule has 1 fully saturated rings. The third kappa shape index (κ3) is 3.36. The molecule has 0 radical (unpaired) electrons. The number of hydrogen-bond acceptors (Lipinski definition) is 3. The van der Waals surface area contributed by atoms with Gasteiger partial charge < -0.3 is 14.5 Å². The Hall–Kier alpha value is -0.800. The van der Waals surface area contributed by atoms with Crippen molar-refractivity contribution in [3.05, 3.63) is 23.7 Å². The Balaban J connectivity index is 2.05. The second-order valence-electron chi connectivity index (χ2n) is 5.21. The van der Waals surface area contributed by atoms with Gasteiger partial charge in [-0.3, -0.25) is 0 Å². The van der Waals surface area contributed by atoms with E-state index in [0.717, 1.165) is 30.4 Å². The van der Waals surface area contributed by atoms with Crippen LogP contribution in [0.5, 0.6) is 0 Å². The van der Waals surface area contributed by atoms with E-state index in [2.05, 4.69) is 18.3 Å². The Morgan fingerprint density at radius 3 is 2.83 bits per heavy atom. The van der Waals surface area contributed by atoms with Gasteiger partial charge in [0.1, 0.15) is 18.1 Å². The summed E-state index contributed by atoms with van der Waals surface area (Å²) in [5.41, 5.74) is 0. The Morgan fingerprint density at radius 2 is 2.17 bits per heavy atom. The molecule has 1 heterocycles. The molecule has 1 saturated carbocycles. The summed E-state index contributed by atoms with van der Waals surface area (Å²) in [5, 5.41) is 3.65. The maximum Gasteiger partial charge on any atom is 0.129 e. The standard InChI is InChI=1S/C15H25NO2/c1-3-10-16-15(12-6-4-5-7-12)14-9-8-13(18-14)11-17-2/h8-9,12,15-16H,3-7,10-11H2,1-2H3. The van der Waals surface area contributed by atoms with Crippen LogP contribution in [0.1, 0.15) is 56.6 Å². The molecule has 3 heteroatoms. The van der Waals surface area contributed by atoms with Gasteiger partial charge in [-0.05, 0) is 43.9 Å². The highest BCUT2D eigenvalue weighted by atomic mass is 16.5. The molecule has 1 N–H and O–H groups in total. The smallest absolute Gasteiger partial charge is 0.129 e. The normalized spacial score (nSPS) is 18.3. The van der Waals surface area contributed by atoms with Crippen molar-refractivity contribution in [2.24, 2.45) is 5.92 Å². The van der Waals surface area contributed by atoms with E-state index in [0.29, 0.717) is 12.6 Å². The van der Waals surface area contributed by atoms with Gasteiger partial charge in [-0.1, -0.05) is 19.8 Å². The van der Waals surface area contributed by atoms with Crippen LogP contribution in [-0.2, 0) is 11.3 Å². The second kappa shape index (κ2) is 6.95. The number of rotatable bonds is 7. The summed E-state index contributed by atoms with van der Waals surface area (Å²) in [7, 11) is 1.70. The zero-order chi connectivity index (χ0) is 12.8. The van der Waals surface area contributed by atoms with Crippen LogP contribution in [0.25, 0.3) is 0 Å².